The number of hydrogen-bond acceptors (Lipinski definition) is 4. The monoisotopic (exact) mass is 372 g/mol. The molecule has 2 heterocycles. The van der Waals surface area contributed by atoms with E-state index in [1.165, 1.54) is 17.5 Å². The quantitative estimate of drug-likeness (QED) is 0.590. The third kappa shape index (κ3) is 2.97. The topological polar surface area (TPSA) is 73.0 Å². The van der Waals surface area contributed by atoms with Crippen molar-refractivity contribution in [3.63, 3.8) is 0 Å². The number of amides is 1. The minimum atomic E-state index is -0.000430. The van der Waals surface area contributed by atoms with E-state index in [0.717, 1.165) is 35.7 Å². The second-order valence-electron chi connectivity index (χ2n) is 7.14. The lowest BCUT2D eigenvalue weighted by Gasteiger charge is -2.26. The summed E-state index contributed by atoms with van der Waals surface area (Å²) in [4.78, 5) is 12.8. The molecule has 1 atom stereocenters. The molecule has 28 heavy (non-hydrogen) atoms. The standard InChI is InChI=1S/C22H20N4O2/c27-21(24-19-10-5-7-15-6-1-2-8-16(15)19)13-26-12-18(22-25-23-14-28-22)17-9-3-4-11-20(17)26/h1-4,6,8-9,11-12,14,19H,5,7,10,13H2,(H,24,27). The first-order valence-corrected chi connectivity index (χ1v) is 9.51. The van der Waals surface area contributed by atoms with E-state index in [2.05, 4.69) is 33.7 Å². The van der Waals surface area contributed by atoms with Crippen molar-refractivity contribution in [3.05, 3.63) is 72.2 Å². The first kappa shape index (κ1) is 16.7. The maximum absolute atomic E-state index is 12.8. The van der Waals surface area contributed by atoms with Crippen molar-refractivity contribution < 1.29 is 9.21 Å². The molecule has 1 aliphatic rings. The van der Waals surface area contributed by atoms with Gasteiger partial charge in [0.15, 0.2) is 0 Å². The minimum absolute atomic E-state index is 0.000430. The number of aromatic nitrogens is 3. The normalized spacial score (nSPS) is 16.1. The van der Waals surface area contributed by atoms with Crippen molar-refractivity contribution in [2.24, 2.45) is 0 Å². The number of carbonyl (C=O) groups is 1. The molecule has 1 aliphatic carbocycles. The summed E-state index contributed by atoms with van der Waals surface area (Å²) >= 11 is 0. The fourth-order valence-corrected chi connectivity index (χ4v) is 4.14. The molecule has 0 bridgehead atoms. The lowest BCUT2D eigenvalue weighted by Crippen LogP contribution is -2.33. The molecule has 0 radical (unpaired) electrons. The van der Waals surface area contributed by atoms with E-state index in [1.807, 2.05) is 41.1 Å². The van der Waals surface area contributed by atoms with Crippen LogP contribution in [-0.2, 0) is 17.8 Å². The van der Waals surface area contributed by atoms with Crippen molar-refractivity contribution in [2.45, 2.75) is 31.8 Å². The van der Waals surface area contributed by atoms with Crippen LogP contribution in [0.1, 0.15) is 30.0 Å². The Morgan fingerprint density at radius 3 is 2.93 bits per heavy atom. The fraction of sp³-hybridized carbons (Fsp3) is 0.227. The van der Waals surface area contributed by atoms with Gasteiger partial charge in [-0.15, -0.1) is 10.2 Å². The van der Waals surface area contributed by atoms with Gasteiger partial charge in [0.1, 0.15) is 6.54 Å². The van der Waals surface area contributed by atoms with Gasteiger partial charge in [0.25, 0.3) is 0 Å². The van der Waals surface area contributed by atoms with Crippen molar-refractivity contribution >= 4 is 16.8 Å². The fourth-order valence-electron chi connectivity index (χ4n) is 4.14. The summed E-state index contributed by atoms with van der Waals surface area (Å²) in [7, 11) is 0. The number of benzene rings is 2. The Morgan fingerprint density at radius 2 is 2.04 bits per heavy atom. The second-order valence-corrected chi connectivity index (χ2v) is 7.14. The first-order chi connectivity index (χ1) is 13.8. The molecule has 2 aromatic carbocycles. The molecule has 0 spiro atoms. The van der Waals surface area contributed by atoms with Gasteiger partial charge in [0.2, 0.25) is 18.2 Å². The Bertz CT molecular complexity index is 1130. The number of nitrogens with one attached hydrogen (secondary N) is 1. The van der Waals surface area contributed by atoms with Crippen molar-refractivity contribution in [2.75, 3.05) is 0 Å². The molecule has 1 unspecified atom stereocenters. The van der Waals surface area contributed by atoms with Crippen LogP contribution in [0.25, 0.3) is 22.4 Å². The van der Waals surface area contributed by atoms with Gasteiger partial charge in [-0.25, -0.2) is 0 Å². The van der Waals surface area contributed by atoms with E-state index in [-0.39, 0.29) is 18.5 Å². The smallest absolute Gasteiger partial charge is 0.249 e. The Morgan fingerprint density at radius 1 is 1.18 bits per heavy atom. The molecule has 0 saturated carbocycles. The first-order valence-electron chi connectivity index (χ1n) is 9.51. The van der Waals surface area contributed by atoms with Crippen LogP contribution < -0.4 is 5.32 Å². The van der Waals surface area contributed by atoms with Gasteiger partial charge >= 0.3 is 0 Å². The molecule has 0 aliphatic heterocycles. The van der Waals surface area contributed by atoms with E-state index in [1.54, 1.807) is 0 Å². The van der Waals surface area contributed by atoms with Crippen LogP contribution in [0.4, 0.5) is 0 Å². The number of hydrogen-bond donors (Lipinski definition) is 1. The Hall–Kier alpha value is -3.41. The third-order valence-electron chi connectivity index (χ3n) is 5.40. The molecule has 4 aromatic rings. The highest BCUT2D eigenvalue weighted by molar-refractivity contribution is 5.94. The summed E-state index contributed by atoms with van der Waals surface area (Å²) < 4.78 is 7.31. The minimum Gasteiger partial charge on any atom is -0.423 e. The van der Waals surface area contributed by atoms with E-state index in [9.17, 15) is 4.79 Å². The molecule has 1 N–H and O–H groups in total. The zero-order valence-corrected chi connectivity index (χ0v) is 15.3. The van der Waals surface area contributed by atoms with E-state index >= 15 is 0 Å². The summed E-state index contributed by atoms with van der Waals surface area (Å²) in [5, 5.41) is 12.0. The number of rotatable bonds is 4. The third-order valence-corrected chi connectivity index (χ3v) is 5.40. The van der Waals surface area contributed by atoms with Gasteiger partial charge in [0.05, 0.1) is 11.6 Å². The molecule has 1 amide bonds. The van der Waals surface area contributed by atoms with E-state index in [4.69, 9.17) is 4.42 Å². The maximum Gasteiger partial charge on any atom is 0.249 e. The highest BCUT2D eigenvalue weighted by Crippen LogP contribution is 2.31. The predicted octanol–water partition coefficient (Wildman–Crippen LogP) is 3.89. The van der Waals surface area contributed by atoms with Crippen molar-refractivity contribution in [1.29, 1.82) is 0 Å². The van der Waals surface area contributed by atoms with Crippen LogP contribution in [0.2, 0.25) is 0 Å². The second kappa shape index (κ2) is 6.96. The number of fused-ring (bicyclic) bond motifs is 2. The maximum atomic E-state index is 12.8. The van der Waals surface area contributed by atoms with Gasteiger partial charge in [-0.05, 0) is 36.5 Å². The zero-order valence-electron chi connectivity index (χ0n) is 15.3. The SMILES string of the molecule is O=C(Cn1cc(-c2nnco2)c2ccccc21)NC1CCCc2ccccc21. The van der Waals surface area contributed by atoms with Gasteiger partial charge in [-0.1, -0.05) is 42.5 Å². The van der Waals surface area contributed by atoms with Crippen molar-refractivity contribution in [1.82, 2.24) is 20.1 Å². The van der Waals surface area contributed by atoms with Crippen molar-refractivity contribution in [3.8, 4) is 11.5 Å². The Kier molecular flexibility index (Phi) is 4.16. The zero-order chi connectivity index (χ0) is 18.9. The number of para-hydroxylation sites is 1. The molecule has 0 fully saturated rings. The summed E-state index contributed by atoms with van der Waals surface area (Å²) in [5.74, 6) is 0.455. The summed E-state index contributed by atoms with van der Waals surface area (Å²) in [6.07, 6.45) is 6.37. The van der Waals surface area contributed by atoms with Crippen LogP contribution in [0.5, 0.6) is 0 Å². The van der Waals surface area contributed by atoms with Gasteiger partial charge in [-0.3, -0.25) is 4.79 Å². The van der Waals surface area contributed by atoms with Crippen LogP contribution in [-0.4, -0.2) is 20.7 Å². The highest BCUT2D eigenvalue weighted by atomic mass is 16.4. The molecule has 5 rings (SSSR count). The number of carbonyl (C=O) groups excluding carboxylic acids is 1. The molecular formula is C22H20N4O2. The lowest BCUT2D eigenvalue weighted by molar-refractivity contribution is -0.122. The number of aryl methyl sites for hydroxylation is 1. The highest BCUT2D eigenvalue weighted by Gasteiger charge is 2.22. The molecule has 2 aromatic heterocycles. The summed E-state index contributed by atoms with van der Waals surface area (Å²) in [5.41, 5.74) is 4.38. The summed E-state index contributed by atoms with van der Waals surface area (Å²) in [6.45, 7) is 0.243. The van der Waals surface area contributed by atoms with E-state index < -0.39 is 0 Å². The average Bonchev–Trinajstić information content (AvgIpc) is 3.37. The largest absolute Gasteiger partial charge is 0.423 e. The summed E-state index contributed by atoms with van der Waals surface area (Å²) in [6, 6.07) is 16.4. The van der Waals surface area contributed by atoms with Crippen LogP contribution in [0, 0.1) is 0 Å². The molecule has 6 nitrogen and oxygen atoms in total. The van der Waals surface area contributed by atoms with Gasteiger partial charge in [-0.2, -0.15) is 0 Å². The molecule has 0 saturated heterocycles. The van der Waals surface area contributed by atoms with Crippen LogP contribution >= 0.6 is 0 Å². The van der Waals surface area contributed by atoms with E-state index in [0.29, 0.717) is 5.89 Å². The van der Waals surface area contributed by atoms with Crippen LogP contribution in [0.15, 0.2) is 65.5 Å². The number of nitrogens with zero attached hydrogens (tertiary/aromatic N) is 3. The van der Waals surface area contributed by atoms with Gasteiger partial charge in [0, 0.05) is 17.1 Å². The van der Waals surface area contributed by atoms with Crippen LogP contribution in [0.3, 0.4) is 0 Å². The van der Waals surface area contributed by atoms with Gasteiger partial charge < -0.3 is 14.3 Å². The lowest BCUT2D eigenvalue weighted by atomic mass is 9.88. The Balaban J connectivity index is 1.41. The average molecular weight is 372 g/mol. The predicted molar refractivity (Wildman–Crippen MR) is 105 cm³/mol. The molecule has 6 heteroatoms. The molecular weight excluding hydrogens is 352 g/mol. The molecule has 140 valence electrons. The Labute approximate surface area is 162 Å².